The summed E-state index contributed by atoms with van der Waals surface area (Å²) in [6, 6.07) is -0.990. The standard InChI is InChI=1S/C96H183NO18/c1-3-5-7-9-11-13-15-17-19-21-23-25-27-29-31-33-35-36-37-38-39-40-41-42-43-44-46-48-50-52-54-56-58-60-62-64-66-68-70-72-74-84(102)97-79(80(101)73-71-69-67-65-63-61-59-57-55-53-51-49-47-45-34-32-30-28-26-24-22-20-18-16-14-12-10-8-6-4-2)78-110-94-90(108)87(105)92(82(76-99)112-94)115-96-91(109)88(106)93(83(77-100)113-96)114-95-89(107)86(104)85(103)81(75-98)111-95/h63,65,71,73,79-83,85-96,98-101,103-109H,3-62,64,66-70,72,74-78H2,1-2H3,(H,97,102)/b65-63+,73-71+. The van der Waals surface area contributed by atoms with E-state index in [1.807, 2.05) is 6.08 Å². The molecule has 3 heterocycles. The number of carbonyl (C=O) groups excluding carboxylic acids is 1. The lowest BCUT2D eigenvalue weighted by atomic mass is 9.96. The Hall–Kier alpha value is -1.73. The number of nitrogens with one attached hydrogen (secondary N) is 1. The molecule has 3 rings (SSSR count). The van der Waals surface area contributed by atoms with Crippen LogP contribution in [0.2, 0.25) is 0 Å². The van der Waals surface area contributed by atoms with Crippen LogP contribution in [0.5, 0.6) is 0 Å². The lowest BCUT2D eigenvalue weighted by molar-refractivity contribution is -0.379. The van der Waals surface area contributed by atoms with Crippen LogP contribution in [0.1, 0.15) is 450 Å². The molecule has 17 atom stereocenters. The van der Waals surface area contributed by atoms with Crippen LogP contribution >= 0.6 is 0 Å². The number of aliphatic hydroxyl groups is 11. The van der Waals surface area contributed by atoms with Crippen molar-refractivity contribution in [2.75, 3.05) is 26.4 Å². The van der Waals surface area contributed by atoms with Crippen LogP contribution in [-0.4, -0.2) is 193 Å². The van der Waals surface area contributed by atoms with Gasteiger partial charge in [-0.05, 0) is 32.1 Å². The summed E-state index contributed by atoms with van der Waals surface area (Å²) >= 11 is 0. The number of ether oxygens (including phenoxy) is 6. The largest absolute Gasteiger partial charge is 0.394 e. The molecule has 17 unspecified atom stereocenters. The van der Waals surface area contributed by atoms with E-state index in [0.29, 0.717) is 12.8 Å². The molecule has 1 amide bonds. The molecule has 0 aromatic heterocycles. The highest BCUT2D eigenvalue weighted by molar-refractivity contribution is 5.76. The number of aliphatic hydroxyl groups excluding tert-OH is 11. The summed E-state index contributed by atoms with van der Waals surface area (Å²) < 4.78 is 34.6. The first-order chi connectivity index (χ1) is 56.3. The smallest absolute Gasteiger partial charge is 0.220 e. The minimum Gasteiger partial charge on any atom is -0.394 e. The topological polar surface area (TPSA) is 307 Å². The maximum absolute atomic E-state index is 13.5. The molecule has 19 heteroatoms. The van der Waals surface area contributed by atoms with E-state index < -0.39 is 124 Å². The van der Waals surface area contributed by atoms with Gasteiger partial charge in [0.05, 0.1) is 38.6 Å². The molecule has 0 aromatic carbocycles. The van der Waals surface area contributed by atoms with Crippen molar-refractivity contribution in [3.05, 3.63) is 24.3 Å². The average molecular weight is 1640 g/mol. The number of hydrogen-bond donors (Lipinski definition) is 12. The van der Waals surface area contributed by atoms with Gasteiger partial charge in [0.25, 0.3) is 0 Å². The number of amides is 1. The van der Waals surface area contributed by atoms with Crippen molar-refractivity contribution in [2.45, 2.75) is 555 Å². The maximum Gasteiger partial charge on any atom is 0.220 e. The highest BCUT2D eigenvalue weighted by Crippen LogP contribution is 2.34. The second-order valence-corrected chi connectivity index (χ2v) is 35.2. The first kappa shape index (κ1) is 107. The van der Waals surface area contributed by atoms with E-state index >= 15 is 0 Å². The minimum atomic E-state index is -1.98. The van der Waals surface area contributed by atoms with E-state index in [0.717, 1.165) is 38.5 Å². The number of rotatable bonds is 82. The molecule has 3 saturated heterocycles. The van der Waals surface area contributed by atoms with Gasteiger partial charge in [-0.2, -0.15) is 0 Å². The highest BCUT2D eigenvalue weighted by atomic mass is 16.8. The lowest BCUT2D eigenvalue weighted by Gasteiger charge is -2.48. The Morgan fingerprint density at radius 2 is 0.557 bits per heavy atom. The fourth-order valence-corrected chi connectivity index (χ4v) is 17.0. The zero-order chi connectivity index (χ0) is 83.1. The van der Waals surface area contributed by atoms with Gasteiger partial charge in [-0.15, -0.1) is 0 Å². The van der Waals surface area contributed by atoms with Crippen molar-refractivity contribution in [1.29, 1.82) is 0 Å². The van der Waals surface area contributed by atoms with Crippen LogP contribution in [-0.2, 0) is 33.2 Å². The van der Waals surface area contributed by atoms with Crippen LogP contribution in [0.15, 0.2) is 24.3 Å². The summed E-state index contributed by atoms with van der Waals surface area (Å²) in [6.07, 6.45) is 70.9. The Morgan fingerprint density at radius 1 is 0.304 bits per heavy atom. The molecule has 3 fully saturated rings. The lowest BCUT2D eigenvalue weighted by Crippen LogP contribution is -2.66. The Bertz CT molecular complexity index is 2160. The molecule has 12 N–H and O–H groups in total. The highest BCUT2D eigenvalue weighted by Gasteiger charge is 2.54. The molecule has 3 aliphatic rings. The van der Waals surface area contributed by atoms with Crippen molar-refractivity contribution in [2.24, 2.45) is 0 Å². The van der Waals surface area contributed by atoms with Crippen molar-refractivity contribution in [1.82, 2.24) is 5.32 Å². The number of unbranched alkanes of at least 4 members (excludes halogenated alkanes) is 64. The third-order valence-corrected chi connectivity index (χ3v) is 24.8. The van der Waals surface area contributed by atoms with Gasteiger partial charge in [0.2, 0.25) is 5.91 Å². The van der Waals surface area contributed by atoms with Crippen LogP contribution in [0.25, 0.3) is 0 Å². The molecule has 0 radical (unpaired) electrons. The van der Waals surface area contributed by atoms with Crippen molar-refractivity contribution >= 4 is 5.91 Å². The monoisotopic (exact) mass is 1640 g/mol. The van der Waals surface area contributed by atoms with Gasteiger partial charge in [0.15, 0.2) is 18.9 Å². The van der Waals surface area contributed by atoms with Crippen LogP contribution in [0.3, 0.4) is 0 Å². The molecular formula is C96H183NO18. The van der Waals surface area contributed by atoms with Crippen LogP contribution < -0.4 is 5.32 Å². The van der Waals surface area contributed by atoms with Crippen molar-refractivity contribution < 1.29 is 89.4 Å². The number of hydrogen-bond acceptors (Lipinski definition) is 18. The zero-order valence-corrected chi connectivity index (χ0v) is 73.8. The Morgan fingerprint density at radius 3 is 0.870 bits per heavy atom. The zero-order valence-electron chi connectivity index (χ0n) is 73.8. The average Bonchev–Trinajstić information content (AvgIpc) is 0.778. The van der Waals surface area contributed by atoms with E-state index in [2.05, 4.69) is 31.3 Å². The maximum atomic E-state index is 13.5. The first-order valence-corrected chi connectivity index (χ1v) is 49.1. The fraction of sp³-hybridized carbons (Fsp3) is 0.948. The molecule has 0 aliphatic carbocycles. The van der Waals surface area contributed by atoms with E-state index in [-0.39, 0.29) is 18.9 Å². The van der Waals surface area contributed by atoms with Gasteiger partial charge < -0.3 is 89.9 Å². The van der Waals surface area contributed by atoms with Gasteiger partial charge in [0.1, 0.15) is 73.2 Å². The molecular weight excluding hydrogens is 1460 g/mol. The van der Waals surface area contributed by atoms with E-state index in [4.69, 9.17) is 28.4 Å². The van der Waals surface area contributed by atoms with Gasteiger partial charge in [-0.1, -0.05) is 436 Å². The second-order valence-electron chi connectivity index (χ2n) is 35.2. The first-order valence-electron chi connectivity index (χ1n) is 49.1. The van der Waals surface area contributed by atoms with E-state index in [1.165, 1.54) is 379 Å². The summed E-state index contributed by atoms with van der Waals surface area (Å²) in [4.78, 5) is 13.5. The molecule has 0 bridgehead atoms. The Balaban J connectivity index is 1.29. The van der Waals surface area contributed by atoms with Gasteiger partial charge in [-0.3, -0.25) is 4.79 Å². The van der Waals surface area contributed by atoms with E-state index in [9.17, 15) is 61.0 Å². The predicted octanol–water partition coefficient (Wildman–Crippen LogP) is 20.0. The van der Waals surface area contributed by atoms with Gasteiger partial charge >= 0.3 is 0 Å². The summed E-state index contributed by atoms with van der Waals surface area (Å²) in [6.45, 7) is 1.81. The van der Waals surface area contributed by atoms with Crippen LogP contribution in [0, 0.1) is 0 Å². The number of carbonyl (C=O) groups is 1. The van der Waals surface area contributed by atoms with Gasteiger partial charge in [0, 0.05) is 6.42 Å². The Kier molecular flexibility index (Phi) is 71.0. The summed E-state index contributed by atoms with van der Waals surface area (Å²) in [5, 5.41) is 121. The van der Waals surface area contributed by atoms with Gasteiger partial charge in [-0.25, -0.2) is 0 Å². The summed E-state index contributed by atoms with van der Waals surface area (Å²) in [7, 11) is 0. The van der Waals surface area contributed by atoms with Crippen LogP contribution in [0.4, 0.5) is 0 Å². The number of allylic oxidation sites excluding steroid dienone is 3. The quantitative estimate of drug-likeness (QED) is 0.0199. The third-order valence-electron chi connectivity index (χ3n) is 24.8. The minimum absolute atomic E-state index is 0.242. The molecule has 680 valence electrons. The van der Waals surface area contributed by atoms with Crippen molar-refractivity contribution in [3.63, 3.8) is 0 Å². The van der Waals surface area contributed by atoms with Crippen molar-refractivity contribution in [3.8, 4) is 0 Å². The molecule has 0 aromatic rings. The van der Waals surface area contributed by atoms with E-state index in [1.54, 1.807) is 6.08 Å². The Labute approximate surface area is 702 Å². The SMILES string of the molecule is CCCCCCCCCCCCCCCCCCCCCCCCCC/C=C/CC/C=C/C(O)C(COC1OC(CO)C(OC2OC(CO)C(OC3OC(CO)C(O)C(O)C3O)C(O)C2O)C(O)C1O)NC(=O)CCCCCCCCCCCCCCCCCCCCCCCCCCCCCCCCCCCCCCCCCC. The normalized spacial score (nSPS) is 24.6. The summed E-state index contributed by atoms with van der Waals surface area (Å²) in [5.74, 6) is -0.275. The molecule has 115 heavy (non-hydrogen) atoms. The molecule has 0 spiro atoms. The molecule has 19 nitrogen and oxygen atoms in total. The second kappa shape index (κ2) is 76.0. The molecule has 3 aliphatic heterocycles. The summed E-state index contributed by atoms with van der Waals surface area (Å²) in [5.41, 5.74) is 0. The predicted molar refractivity (Wildman–Crippen MR) is 467 cm³/mol. The fourth-order valence-electron chi connectivity index (χ4n) is 17.0. The third kappa shape index (κ3) is 53.8. The molecule has 0 saturated carbocycles.